The van der Waals surface area contributed by atoms with E-state index in [0.29, 0.717) is 5.75 Å². The van der Waals surface area contributed by atoms with Gasteiger partial charge in [0.2, 0.25) is 12.7 Å². The number of aromatic nitrogens is 1. The van der Waals surface area contributed by atoms with Gasteiger partial charge in [0.25, 0.3) is 0 Å². The molecule has 1 amide bonds. The maximum atomic E-state index is 13.4. The van der Waals surface area contributed by atoms with E-state index < -0.39 is 23.6 Å². The number of halogens is 3. The molecule has 1 aliphatic heterocycles. The predicted octanol–water partition coefficient (Wildman–Crippen LogP) is 2.67. The van der Waals surface area contributed by atoms with E-state index in [9.17, 15) is 22.8 Å². The fourth-order valence-electron chi connectivity index (χ4n) is 2.40. The summed E-state index contributed by atoms with van der Waals surface area (Å²) in [5.41, 5.74) is -0.817. The van der Waals surface area contributed by atoms with Crippen molar-refractivity contribution in [3.63, 3.8) is 0 Å². The number of hydrogen-bond donors (Lipinski definition) is 2. The molecule has 0 atom stereocenters. The van der Waals surface area contributed by atoms with Crippen molar-refractivity contribution in [1.29, 1.82) is 0 Å². The number of carboxylic acids is 1. The molecule has 0 bridgehead atoms. The fourth-order valence-corrected chi connectivity index (χ4v) is 3.14. The zero-order valence-corrected chi connectivity index (χ0v) is 14.4. The highest BCUT2D eigenvalue weighted by atomic mass is 32.2. The largest absolute Gasteiger partial charge is 0.481 e. The summed E-state index contributed by atoms with van der Waals surface area (Å²) in [6.45, 7) is -0.137. The number of carbonyl (C=O) groups is 2. The molecule has 7 nitrogen and oxygen atoms in total. The number of benzene rings is 1. The maximum absolute atomic E-state index is 13.4. The molecule has 1 aromatic heterocycles. The number of alkyl halides is 3. The molecule has 0 spiro atoms. The van der Waals surface area contributed by atoms with E-state index in [-0.39, 0.29) is 47.2 Å². The first-order valence-corrected chi connectivity index (χ1v) is 8.65. The molecule has 0 aliphatic carbocycles. The minimum Gasteiger partial charge on any atom is -0.481 e. The molecule has 0 fully saturated rings. The first-order chi connectivity index (χ1) is 12.7. The second kappa shape index (κ2) is 7.51. The molecule has 0 saturated heterocycles. The maximum Gasteiger partial charge on any atom is 0.417 e. The van der Waals surface area contributed by atoms with Gasteiger partial charge in [-0.15, -0.1) is 0 Å². The second-order valence-corrected chi connectivity index (χ2v) is 6.51. The normalized spacial score (nSPS) is 13.0. The van der Waals surface area contributed by atoms with Crippen LogP contribution in [0.15, 0.2) is 23.2 Å². The average Bonchev–Trinajstić information content (AvgIpc) is 3.03. The molecular formula is C16H13F3N2O5S. The molecule has 2 heterocycles. The first kappa shape index (κ1) is 19.1. The fraction of sp³-hybridized carbons (Fsp3) is 0.312. The van der Waals surface area contributed by atoms with Crippen LogP contribution in [-0.2, 0) is 15.8 Å². The van der Waals surface area contributed by atoms with E-state index in [4.69, 9.17) is 14.6 Å². The van der Waals surface area contributed by atoms with E-state index in [1.54, 1.807) is 0 Å². The number of aliphatic carboxylic acids is 1. The Labute approximate surface area is 154 Å². The number of hydrogen-bond acceptors (Lipinski definition) is 6. The summed E-state index contributed by atoms with van der Waals surface area (Å²) < 4.78 is 50.6. The van der Waals surface area contributed by atoms with Crippen LogP contribution in [0.25, 0.3) is 10.9 Å². The highest BCUT2D eigenvalue weighted by Gasteiger charge is 2.34. The van der Waals surface area contributed by atoms with Crippen molar-refractivity contribution in [3.8, 4) is 11.5 Å². The first-order valence-electron chi connectivity index (χ1n) is 7.67. The number of nitrogens with zero attached hydrogens (tertiary/aromatic N) is 1. The van der Waals surface area contributed by atoms with Crippen LogP contribution in [0.3, 0.4) is 0 Å². The molecule has 144 valence electrons. The lowest BCUT2D eigenvalue weighted by Crippen LogP contribution is -2.27. The summed E-state index contributed by atoms with van der Waals surface area (Å²) in [5.74, 6) is -1.24. The topological polar surface area (TPSA) is 97.8 Å². The van der Waals surface area contributed by atoms with Gasteiger partial charge in [0, 0.05) is 18.0 Å². The summed E-state index contributed by atoms with van der Waals surface area (Å²) >= 11 is 0.823. The van der Waals surface area contributed by atoms with Gasteiger partial charge in [-0.25, -0.2) is 4.98 Å². The predicted molar refractivity (Wildman–Crippen MR) is 88.9 cm³/mol. The van der Waals surface area contributed by atoms with Gasteiger partial charge in [-0.3, -0.25) is 9.59 Å². The van der Waals surface area contributed by atoms with Gasteiger partial charge in [-0.05, 0) is 12.1 Å². The Bertz CT molecular complexity index is 904. The minimum atomic E-state index is -4.62. The Morgan fingerprint density at radius 3 is 2.59 bits per heavy atom. The molecule has 11 heteroatoms. The second-order valence-electron chi connectivity index (χ2n) is 5.51. The molecule has 0 radical (unpaired) electrons. The van der Waals surface area contributed by atoms with Crippen LogP contribution in [0, 0.1) is 0 Å². The number of ether oxygens (including phenoxy) is 2. The highest BCUT2D eigenvalue weighted by Crippen LogP contribution is 2.42. The smallest absolute Gasteiger partial charge is 0.417 e. The van der Waals surface area contributed by atoms with Crippen LogP contribution in [0.4, 0.5) is 13.2 Å². The summed E-state index contributed by atoms with van der Waals surface area (Å²) in [5, 5.41) is 10.8. The lowest BCUT2D eigenvalue weighted by Gasteiger charge is -2.13. The number of pyridine rings is 1. The van der Waals surface area contributed by atoms with E-state index in [1.165, 1.54) is 12.1 Å². The lowest BCUT2D eigenvalue weighted by atomic mass is 10.1. The van der Waals surface area contributed by atoms with Crippen molar-refractivity contribution in [3.05, 3.63) is 23.8 Å². The monoisotopic (exact) mass is 402 g/mol. The third-order valence-electron chi connectivity index (χ3n) is 3.60. The Morgan fingerprint density at radius 2 is 1.93 bits per heavy atom. The SMILES string of the molecule is O=C(O)CCNC(=O)CSc1cc(C(F)(F)F)c2cc3c(cc2n1)OCO3. The van der Waals surface area contributed by atoms with E-state index in [1.807, 2.05) is 0 Å². The van der Waals surface area contributed by atoms with Crippen molar-refractivity contribution in [1.82, 2.24) is 10.3 Å². The zero-order valence-electron chi connectivity index (χ0n) is 13.6. The summed E-state index contributed by atoms with van der Waals surface area (Å²) in [6, 6.07) is 3.48. The standard InChI is InChI=1S/C16H13F3N2O5S/c17-16(18,19)9-4-14(27-6-13(22)20-2-1-15(23)24)21-10-5-12-11(3-8(9)10)25-7-26-12/h3-5H,1-2,6-7H2,(H,20,22)(H,23,24). The number of thioether (sulfide) groups is 1. The average molecular weight is 402 g/mol. The van der Waals surface area contributed by atoms with Crippen molar-refractivity contribution in [2.24, 2.45) is 0 Å². The Hall–Kier alpha value is -2.69. The highest BCUT2D eigenvalue weighted by molar-refractivity contribution is 7.99. The van der Waals surface area contributed by atoms with Gasteiger partial charge in [0.1, 0.15) is 0 Å². The number of carbonyl (C=O) groups excluding carboxylic acids is 1. The third-order valence-corrected chi connectivity index (χ3v) is 4.51. The van der Waals surface area contributed by atoms with Gasteiger partial charge >= 0.3 is 12.1 Å². The Kier molecular flexibility index (Phi) is 5.31. The van der Waals surface area contributed by atoms with Crippen LogP contribution in [-0.4, -0.2) is 41.1 Å². The number of amides is 1. The van der Waals surface area contributed by atoms with Crippen LogP contribution in [0.5, 0.6) is 11.5 Å². The summed E-state index contributed by atoms with van der Waals surface area (Å²) in [7, 11) is 0. The summed E-state index contributed by atoms with van der Waals surface area (Å²) in [4.78, 5) is 26.3. The Morgan fingerprint density at radius 1 is 1.22 bits per heavy atom. The van der Waals surface area contributed by atoms with E-state index in [2.05, 4.69) is 10.3 Å². The van der Waals surface area contributed by atoms with Gasteiger partial charge in [-0.2, -0.15) is 13.2 Å². The molecule has 1 aliphatic rings. The molecular weight excluding hydrogens is 389 g/mol. The van der Waals surface area contributed by atoms with Gasteiger partial charge in [0.15, 0.2) is 11.5 Å². The molecule has 3 rings (SSSR count). The van der Waals surface area contributed by atoms with Crippen LogP contribution < -0.4 is 14.8 Å². The quantitative estimate of drug-likeness (QED) is 0.717. The number of carboxylic acid groups (broad SMARTS) is 1. The number of fused-ring (bicyclic) bond motifs is 2. The van der Waals surface area contributed by atoms with E-state index in [0.717, 1.165) is 17.8 Å². The van der Waals surface area contributed by atoms with Crippen LogP contribution >= 0.6 is 11.8 Å². The summed E-state index contributed by atoms with van der Waals surface area (Å²) in [6.07, 6.45) is -4.86. The van der Waals surface area contributed by atoms with Crippen molar-refractivity contribution in [2.45, 2.75) is 17.6 Å². The number of nitrogens with one attached hydrogen (secondary N) is 1. The van der Waals surface area contributed by atoms with Gasteiger partial charge < -0.3 is 19.9 Å². The molecule has 0 unspecified atom stereocenters. The van der Waals surface area contributed by atoms with E-state index >= 15 is 0 Å². The molecule has 1 aromatic carbocycles. The van der Waals surface area contributed by atoms with Gasteiger partial charge in [-0.1, -0.05) is 11.8 Å². The number of rotatable bonds is 6. The Balaban J connectivity index is 1.82. The van der Waals surface area contributed by atoms with Crippen molar-refractivity contribution >= 4 is 34.5 Å². The van der Waals surface area contributed by atoms with Crippen LogP contribution in [0.1, 0.15) is 12.0 Å². The lowest BCUT2D eigenvalue weighted by molar-refractivity contribution is -0.137. The molecule has 2 aromatic rings. The molecule has 2 N–H and O–H groups in total. The van der Waals surface area contributed by atoms with Gasteiger partial charge in [0.05, 0.1) is 28.3 Å². The third kappa shape index (κ3) is 4.54. The molecule has 27 heavy (non-hydrogen) atoms. The zero-order chi connectivity index (χ0) is 19.6. The van der Waals surface area contributed by atoms with Crippen molar-refractivity contribution in [2.75, 3.05) is 19.1 Å². The van der Waals surface area contributed by atoms with Crippen molar-refractivity contribution < 1.29 is 37.3 Å². The van der Waals surface area contributed by atoms with Crippen LogP contribution in [0.2, 0.25) is 0 Å². The molecule has 0 saturated carbocycles. The minimum absolute atomic E-state index is 0.0158.